The van der Waals surface area contributed by atoms with Gasteiger partial charge in [0, 0.05) is 17.7 Å². The molecule has 4 rings (SSSR count). The van der Waals surface area contributed by atoms with Gasteiger partial charge in [-0.1, -0.05) is 18.2 Å². The van der Waals surface area contributed by atoms with Crippen LogP contribution < -0.4 is 9.47 Å². The summed E-state index contributed by atoms with van der Waals surface area (Å²) < 4.78 is 17.7. The lowest BCUT2D eigenvalue weighted by atomic mass is 10.1. The molecule has 0 amide bonds. The number of hydrogen-bond donors (Lipinski definition) is 0. The molecule has 0 spiro atoms. The number of carbonyl (C=O) groups excluding carboxylic acids is 1. The van der Waals surface area contributed by atoms with Crippen molar-refractivity contribution in [3.8, 4) is 11.5 Å². The fourth-order valence-corrected chi connectivity index (χ4v) is 4.01. The Morgan fingerprint density at radius 2 is 1.86 bits per heavy atom. The number of esters is 1. The Morgan fingerprint density at radius 1 is 1.11 bits per heavy atom. The van der Waals surface area contributed by atoms with Gasteiger partial charge in [0.25, 0.3) is 5.69 Å². The topological polar surface area (TPSA) is 100 Å². The van der Waals surface area contributed by atoms with Crippen LogP contribution in [0.2, 0.25) is 0 Å². The van der Waals surface area contributed by atoms with Crippen molar-refractivity contribution < 1.29 is 23.9 Å². The summed E-state index contributed by atoms with van der Waals surface area (Å²) in [5, 5.41) is 10.8. The van der Waals surface area contributed by atoms with E-state index in [0.29, 0.717) is 28.1 Å². The minimum atomic E-state index is -0.532. The highest BCUT2D eigenvalue weighted by Gasteiger charge is 2.25. The van der Waals surface area contributed by atoms with E-state index in [0.717, 1.165) is 16.7 Å². The number of rotatable bonds is 8. The van der Waals surface area contributed by atoms with E-state index in [1.54, 1.807) is 30.3 Å². The molecule has 0 bridgehead atoms. The molecule has 178 valence electrons. The molecule has 0 saturated heterocycles. The van der Waals surface area contributed by atoms with Crippen molar-refractivity contribution in [2.45, 2.75) is 20.5 Å². The molecule has 0 aliphatic carbocycles. The number of nitro benzene ring substituents is 1. The van der Waals surface area contributed by atoms with Crippen LogP contribution in [0.3, 0.4) is 0 Å². The zero-order chi connectivity index (χ0) is 24.9. The summed E-state index contributed by atoms with van der Waals surface area (Å²) in [6.07, 6.45) is 1.63. The Morgan fingerprint density at radius 3 is 2.54 bits per heavy atom. The quantitative estimate of drug-likeness (QED) is 0.152. The van der Waals surface area contributed by atoms with E-state index in [-0.39, 0.29) is 23.9 Å². The Kier molecular flexibility index (Phi) is 7.26. The Labute approximate surface area is 210 Å². The number of hydrogen-bond acceptors (Lipinski definition) is 7. The number of non-ortho nitro benzene ring substituents is 1. The first-order valence-corrected chi connectivity index (χ1v) is 11.6. The second-order valence-electron chi connectivity index (χ2n) is 7.63. The van der Waals surface area contributed by atoms with Crippen LogP contribution in [0.15, 0.2) is 75.8 Å². The van der Waals surface area contributed by atoms with Crippen molar-refractivity contribution >= 4 is 39.6 Å². The molecule has 0 saturated carbocycles. The number of aryl methyl sites for hydroxylation is 1. The van der Waals surface area contributed by atoms with Crippen molar-refractivity contribution in [2.24, 2.45) is 4.99 Å². The molecule has 0 atom stereocenters. The van der Waals surface area contributed by atoms with E-state index < -0.39 is 10.9 Å². The Balaban J connectivity index is 1.59. The first kappa shape index (κ1) is 24.2. The van der Waals surface area contributed by atoms with Gasteiger partial charge in [-0.3, -0.25) is 10.1 Å². The lowest BCUT2D eigenvalue weighted by molar-refractivity contribution is -0.384. The van der Waals surface area contributed by atoms with Crippen molar-refractivity contribution in [1.82, 2.24) is 0 Å². The molecule has 1 aliphatic rings. The second-order valence-corrected chi connectivity index (χ2v) is 8.48. The van der Waals surface area contributed by atoms with Gasteiger partial charge in [0.05, 0.1) is 16.0 Å². The number of carbonyl (C=O) groups is 1. The summed E-state index contributed by atoms with van der Waals surface area (Å²) in [5.41, 5.74) is 3.34. The number of benzene rings is 3. The van der Waals surface area contributed by atoms with Gasteiger partial charge in [-0.05, 0) is 82.9 Å². The van der Waals surface area contributed by atoms with Crippen LogP contribution in [0.5, 0.6) is 11.5 Å². The average Bonchev–Trinajstić information content (AvgIpc) is 3.19. The molecule has 35 heavy (non-hydrogen) atoms. The van der Waals surface area contributed by atoms with Crippen LogP contribution in [-0.4, -0.2) is 23.4 Å². The SMILES string of the molecule is CCOc1cc(/C=C2\N=C(c3ccccc3C)OC2=O)cc(Br)c1OCc1ccc([N+](=O)[O-])cc1. The molecule has 9 heteroatoms. The van der Waals surface area contributed by atoms with E-state index in [1.165, 1.54) is 12.1 Å². The minimum Gasteiger partial charge on any atom is -0.490 e. The van der Waals surface area contributed by atoms with Crippen LogP contribution >= 0.6 is 15.9 Å². The molecule has 8 nitrogen and oxygen atoms in total. The van der Waals surface area contributed by atoms with Gasteiger partial charge in [-0.2, -0.15) is 0 Å². The smallest absolute Gasteiger partial charge is 0.363 e. The number of cyclic esters (lactones) is 1. The molecular formula is C26H21BrN2O6. The van der Waals surface area contributed by atoms with Gasteiger partial charge < -0.3 is 14.2 Å². The third kappa shape index (κ3) is 5.58. The molecule has 0 radical (unpaired) electrons. The number of nitro groups is 1. The second kappa shape index (κ2) is 10.5. The van der Waals surface area contributed by atoms with E-state index >= 15 is 0 Å². The fraction of sp³-hybridized carbons (Fsp3) is 0.154. The van der Waals surface area contributed by atoms with Crippen LogP contribution in [0.1, 0.15) is 29.2 Å². The maximum absolute atomic E-state index is 12.4. The highest BCUT2D eigenvalue weighted by atomic mass is 79.9. The maximum Gasteiger partial charge on any atom is 0.363 e. The summed E-state index contributed by atoms with van der Waals surface area (Å²) in [4.78, 5) is 27.2. The maximum atomic E-state index is 12.4. The Bertz CT molecular complexity index is 1350. The van der Waals surface area contributed by atoms with Gasteiger partial charge in [0.1, 0.15) is 6.61 Å². The summed E-state index contributed by atoms with van der Waals surface area (Å²) in [5.74, 6) is 0.692. The largest absolute Gasteiger partial charge is 0.490 e. The molecule has 0 N–H and O–H groups in total. The van der Waals surface area contributed by atoms with Gasteiger partial charge >= 0.3 is 5.97 Å². The van der Waals surface area contributed by atoms with Crippen LogP contribution in [0, 0.1) is 17.0 Å². The van der Waals surface area contributed by atoms with Gasteiger partial charge in [0.15, 0.2) is 17.2 Å². The molecule has 0 fully saturated rings. The lowest BCUT2D eigenvalue weighted by Gasteiger charge is -2.15. The summed E-state index contributed by atoms with van der Waals surface area (Å²) in [6, 6.07) is 17.2. The third-order valence-electron chi connectivity index (χ3n) is 5.16. The van der Waals surface area contributed by atoms with Crippen LogP contribution in [-0.2, 0) is 16.1 Å². The first-order valence-electron chi connectivity index (χ1n) is 10.8. The molecular weight excluding hydrogens is 516 g/mol. The predicted molar refractivity (Wildman–Crippen MR) is 135 cm³/mol. The van der Waals surface area contributed by atoms with Crippen molar-refractivity contribution in [2.75, 3.05) is 6.61 Å². The van der Waals surface area contributed by atoms with E-state index in [2.05, 4.69) is 20.9 Å². The highest BCUT2D eigenvalue weighted by Crippen LogP contribution is 2.38. The van der Waals surface area contributed by atoms with Crippen molar-refractivity contribution in [3.05, 3.63) is 103 Å². The molecule has 0 unspecified atom stereocenters. The van der Waals surface area contributed by atoms with Crippen LogP contribution in [0.4, 0.5) is 5.69 Å². The Hall–Kier alpha value is -3.98. The minimum absolute atomic E-state index is 0.0148. The molecule has 3 aromatic carbocycles. The van der Waals surface area contributed by atoms with Crippen LogP contribution in [0.25, 0.3) is 6.08 Å². The van der Waals surface area contributed by atoms with Gasteiger partial charge in [-0.15, -0.1) is 0 Å². The fourth-order valence-electron chi connectivity index (χ4n) is 3.44. The monoisotopic (exact) mass is 536 g/mol. The van der Waals surface area contributed by atoms with E-state index in [4.69, 9.17) is 14.2 Å². The van der Waals surface area contributed by atoms with Gasteiger partial charge in [0.2, 0.25) is 5.90 Å². The average molecular weight is 537 g/mol. The molecule has 3 aromatic rings. The normalized spacial score (nSPS) is 14.0. The van der Waals surface area contributed by atoms with Gasteiger partial charge in [-0.25, -0.2) is 9.79 Å². The zero-order valence-corrected chi connectivity index (χ0v) is 20.6. The number of aliphatic imine (C=N–C) groups is 1. The number of halogens is 1. The molecule has 0 aromatic heterocycles. The summed E-state index contributed by atoms with van der Waals surface area (Å²) in [7, 11) is 0. The summed E-state index contributed by atoms with van der Waals surface area (Å²) in [6.45, 7) is 4.37. The van der Waals surface area contributed by atoms with E-state index in [1.807, 2.05) is 38.1 Å². The third-order valence-corrected chi connectivity index (χ3v) is 5.75. The number of ether oxygens (including phenoxy) is 3. The predicted octanol–water partition coefficient (Wildman–Crippen LogP) is 5.99. The standard InChI is InChI=1S/C26H21BrN2O6/c1-3-33-23-14-18(13-22-26(30)35-25(28-22)20-7-5-4-6-16(20)2)12-21(27)24(23)34-15-17-8-10-19(11-9-17)29(31)32/h4-14H,3,15H2,1-2H3/b22-13-. The van der Waals surface area contributed by atoms with Crippen molar-refractivity contribution in [3.63, 3.8) is 0 Å². The zero-order valence-electron chi connectivity index (χ0n) is 19.0. The number of nitrogens with zero attached hydrogens (tertiary/aromatic N) is 2. The van der Waals surface area contributed by atoms with Crippen molar-refractivity contribution in [1.29, 1.82) is 0 Å². The lowest BCUT2D eigenvalue weighted by Crippen LogP contribution is -2.06. The summed E-state index contributed by atoms with van der Waals surface area (Å²) >= 11 is 3.52. The molecule has 1 heterocycles. The first-order chi connectivity index (χ1) is 16.9. The molecule has 1 aliphatic heterocycles. The van der Waals surface area contributed by atoms with E-state index in [9.17, 15) is 14.9 Å². The highest BCUT2D eigenvalue weighted by molar-refractivity contribution is 9.10.